The summed E-state index contributed by atoms with van der Waals surface area (Å²) in [5.74, 6) is -0.710. The summed E-state index contributed by atoms with van der Waals surface area (Å²) >= 11 is 0. The topological polar surface area (TPSA) is 97.8 Å². The number of methoxy groups -OCH3 is 1. The molecule has 0 radical (unpaired) electrons. The lowest BCUT2D eigenvalue weighted by Crippen LogP contribution is -2.35. The average Bonchev–Trinajstić information content (AvgIpc) is 3.50. The SMILES string of the molecule is COc1c(N2C[C@H]3CC4C[C@]4(N)[C@H]3C2)c(F)cc2c(=O)c(C(=O)O)cn([C@@H]3C[C@@H]3F)c12. The van der Waals surface area contributed by atoms with Gasteiger partial charge in [-0.05, 0) is 36.7 Å². The molecule has 0 spiro atoms. The Morgan fingerprint density at radius 1 is 1.35 bits per heavy atom. The number of ether oxygens (including phenoxy) is 1. The number of alkyl halides is 1. The molecular weight excluding hydrogens is 408 g/mol. The quantitative estimate of drug-likeness (QED) is 0.771. The number of hydrogen-bond acceptors (Lipinski definition) is 5. The van der Waals surface area contributed by atoms with Crippen LogP contribution in [0.2, 0.25) is 0 Å². The van der Waals surface area contributed by atoms with Crippen molar-refractivity contribution in [3.8, 4) is 5.75 Å². The van der Waals surface area contributed by atoms with Crippen LogP contribution in [-0.4, -0.2) is 47.6 Å². The van der Waals surface area contributed by atoms with Gasteiger partial charge in [-0.25, -0.2) is 13.6 Å². The molecule has 2 heterocycles. The zero-order chi connectivity index (χ0) is 21.8. The Hall–Kier alpha value is -2.68. The summed E-state index contributed by atoms with van der Waals surface area (Å²) < 4.78 is 36.5. The fraction of sp³-hybridized carbons (Fsp3) is 0.545. The van der Waals surface area contributed by atoms with E-state index in [9.17, 15) is 19.1 Å². The van der Waals surface area contributed by atoms with Crippen molar-refractivity contribution in [3.05, 3.63) is 33.9 Å². The molecule has 1 aromatic carbocycles. The second-order valence-electron chi connectivity index (χ2n) is 9.56. The number of aromatic nitrogens is 1. The fourth-order valence-electron chi connectivity index (χ4n) is 6.18. The van der Waals surface area contributed by atoms with Gasteiger partial charge in [0.2, 0.25) is 5.43 Å². The van der Waals surface area contributed by atoms with Crippen LogP contribution in [-0.2, 0) is 0 Å². The standard InChI is InChI=1S/C22H23F2N3O4/c1-31-20-17-11(19(28)12(21(29)30)7-27(17)16-4-14(16)23)3-15(24)18(20)26-6-9-2-10-5-22(10,25)13(9)8-26/h3,7,9-10,13-14,16H,2,4-6,8,25H2,1H3,(H,29,30)/t9-,10?,13+,14+,16-,22-/m1/s1. The Morgan fingerprint density at radius 2 is 2.10 bits per heavy atom. The number of carbonyl (C=O) groups is 1. The summed E-state index contributed by atoms with van der Waals surface area (Å²) in [5, 5.41) is 9.32. The molecule has 1 unspecified atom stereocenters. The average molecular weight is 431 g/mol. The van der Waals surface area contributed by atoms with Crippen molar-refractivity contribution < 1.29 is 23.4 Å². The van der Waals surface area contributed by atoms with E-state index in [1.54, 1.807) is 0 Å². The van der Waals surface area contributed by atoms with E-state index in [0.717, 1.165) is 25.1 Å². The smallest absolute Gasteiger partial charge is 0.341 e. The van der Waals surface area contributed by atoms with E-state index in [4.69, 9.17) is 10.5 Å². The van der Waals surface area contributed by atoms with Crippen LogP contribution in [0.1, 0.15) is 35.7 Å². The molecular formula is C22H23F2N3O4. The number of anilines is 1. The summed E-state index contributed by atoms with van der Waals surface area (Å²) in [6.45, 7) is 1.24. The molecule has 0 amide bonds. The minimum atomic E-state index is -1.43. The molecule has 0 bridgehead atoms. The Kier molecular flexibility index (Phi) is 3.66. The van der Waals surface area contributed by atoms with E-state index in [1.807, 2.05) is 4.90 Å². The summed E-state index contributed by atoms with van der Waals surface area (Å²) in [4.78, 5) is 26.3. The molecule has 164 valence electrons. The normalized spacial score (nSPS) is 35.2. The van der Waals surface area contributed by atoms with E-state index in [2.05, 4.69) is 0 Å². The number of fused-ring (bicyclic) bond motifs is 4. The lowest BCUT2D eigenvalue weighted by molar-refractivity contribution is 0.0694. The third-order valence-electron chi connectivity index (χ3n) is 7.91. The molecule has 9 heteroatoms. The molecule has 1 saturated heterocycles. The summed E-state index contributed by atoms with van der Waals surface area (Å²) in [5.41, 5.74) is 5.53. The first-order valence-electron chi connectivity index (χ1n) is 10.6. The minimum absolute atomic E-state index is 0.117. The fourth-order valence-corrected chi connectivity index (χ4v) is 6.18. The Labute approximate surface area is 176 Å². The number of benzene rings is 1. The third-order valence-corrected chi connectivity index (χ3v) is 7.91. The van der Waals surface area contributed by atoms with Crippen LogP contribution in [0.4, 0.5) is 14.5 Å². The highest BCUT2D eigenvalue weighted by molar-refractivity contribution is 5.97. The monoisotopic (exact) mass is 431 g/mol. The van der Waals surface area contributed by atoms with E-state index in [0.29, 0.717) is 24.9 Å². The van der Waals surface area contributed by atoms with Gasteiger partial charge in [-0.3, -0.25) is 4.79 Å². The summed E-state index contributed by atoms with van der Waals surface area (Å²) in [6.07, 6.45) is 2.26. The Balaban J connectivity index is 1.55. The van der Waals surface area contributed by atoms with Crippen molar-refractivity contribution >= 4 is 22.6 Å². The number of rotatable bonds is 4. The van der Waals surface area contributed by atoms with Gasteiger partial charge in [0, 0.05) is 31.2 Å². The molecule has 2 aromatic rings. The molecule has 4 aliphatic rings. The van der Waals surface area contributed by atoms with Crippen LogP contribution in [0.15, 0.2) is 17.1 Å². The maximum Gasteiger partial charge on any atom is 0.341 e. The molecule has 7 nitrogen and oxygen atoms in total. The second kappa shape index (κ2) is 5.97. The van der Waals surface area contributed by atoms with Gasteiger partial charge in [0.1, 0.15) is 17.4 Å². The van der Waals surface area contributed by atoms with Gasteiger partial charge in [0.25, 0.3) is 0 Å². The zero-order valence-electron chi connectivity index (χ0n) is 17.0. The Morgan fingerprint density at radius 3 is 2.71 bits per heavy atom. The molecule has 3 saturated carbocycles. The lowest BCUT2D eigenvalue weighted by Gasteiger charge is -2.26. The van der Waals surface area contributed by atoms with Gasteiger partial charge in [-0.2, -0.15) is 0 Å². The van der Waals surface area contributed by atoms with Gasteiger partial charge in [0.15, 0.2) is 11.6 Å². The van der Waals surface area contributed by atoms with Crippen molar-refractivity contribution in [3.63, 3.8) is 0 Å². The highest BCUT2D eigenvalue weighted by atomic mass is 19.1. The van der Waals surface area contributed by atoms with Crippen LogP contribution in [0.25, 0.3) is 10.9 Å². The largest absolute Gasteiger partial charge is 0.492 e. The maximum atomic E-state index is 15.4. The lowest BCUT2D eigenvalue weighted by atomic mass is 9.92. The molecule has 1 aliphatic heterocycles. The summed E-state index contributed by atoms with van der Waals surface area (Å²) in [7, 11) is 1.38. The molecule has 1 aromatic heterocycles. The molecule has 6 rings (SSSR count). The highest BCUT2D eigenvalue weighted by Crippen LogP contribution is 2.62. The number of nitrogens with two attached hydrogens (primary N) is 1. The molecule has 31 heavy (non-hydrogen) atoms. The predicted octanol–water partition coefficient (Wildman–Crippen LogP) is 2.30. The number of hydrogen-bond donors (Lipinski definition) is 2. The van der Waals surface area contributed by atoms with Gasteiger partial charge in [-0.15, -0.1) is 0 Å². The first kappa shape index (κ1) is 19.0. The van der Waals surface area contributed by atoms with E-state index >= 15 is 4.39 Å². The van der Waals surface area contributed by atoms with Crippen molar-refractivity contribution in [2.45, 2.75) is 37.0 Å². The molecule has 3 aliphatic carbocycles. The summed E-state index contributed by atoms with van der Waals surface area (Å²) in [6, 6.07) is 0.464. The van der Waals surface area contributed by atoms with E-state index in [1.165, 1.54) is 11.7 Å². The van der Waals surface area contributed by atoms with E-state index < -0.39 is 35.0 Å². The van der Waals surface area contributed by atoms with Crippen molar-refractivity contribution in [1.82, 2.24) is 4.57 Å². The Bertz CT molecular complexity index is 1210. The van der Waals surface area contributed by atoms with Crippen LogP contribution in [0.3, 0.4) is 0 Å². The van der Waals surface area contributed by atoms with Crippen molar-refractivity contribution in [1.29, 1.82) is 0 Å². The van der Waals surface area contributed by atoms with Gasteiger partial charge in [0.05, 0.1) is 24.1 Å². The number of carboxylic acid groups (broad SMARTS) is 1. The highest BCUT2D eigenvalue weighted by Gasteiger charge is 2.66. The first-order chi connectivity index (χ1) is 14.7. The van der Waals surface area contributed by atoms with Gasteiger partial charge < -0.3 is 25.0 Å². The third kappa shape index (κ3) is 2.46. The van der Waals surface area contributed by atoms with Crippen LogP contribution >= 0.6 is 0 Å². The van der Waals surface area contributed by atoms with Crippen LogP contribution < -0.4 is 20.8 Å². The molecule has 4 fully saturated rings. The zero-order valence-corrected chi connectivity index (χ0v) is 17.0. The molecule has 3 N–H and O–H groups in total. The van der Waals surface area contributed by atoms with Crippen molar-refractivity contribution in [2.75, 3.05) is 25.1 Å². The number of aromatic carboxylic acids is 1. The van der Waals surface area contributed by atoms with Crippen LogP contribution in [0, 0.1) is 23.6 Å². The molecule has 6 atom stereocenters. The van der Waals surface area contributed by atoms with E-state index in [-0.39, 0.29) is 40.2 Å². The second-order valence-corrected chi connectivity index (χ2v) is 9.56. The predicted molar refractivity (Wildman–Crippen MR) is 109 cm³/mol. The number of pyridine rings is 1. The van der Waals surface area contributed by atoms with Gasteiger partial charge >= 0.3 is 5.97 Å². The first-order valence-corrected chi connectivity index (χ1v) is 10.6. The minimum Gasteiger partial charge on any atom is -0.492 e. The van der Waals surface area contributed by atoms with Gasteiger partial charge in [-0.1, -0.05) is 0 Å². The van der Waals surface area contributed by atoms with Crippen LogP contribution in [0.5, 0.6) is 5.75 Å². The maximum absolute atomic E-state index is 15.4. The number of halogens is 2. The number of nitrogens with zero attached hydrogens (tertiary/aromatic N) is 2. The van der Waals surface area contributed by atoms with Crippen molar-refractivity contribution in [2.24, 2.45) is 23.5 Å². The number of carboxylic acids is 1.